The van der Waals surface area contributed by atoms with Gasteiger partial charge in [-0.15, -0.1) is 11.3 Å². The summed E-state index contributed by atoms with van der Waals surface area (Å²) in [5.41, 5.74) is 1.98. The van der Waals surface area contributed by atoms with Crippen molar-refractivity contribution < 1.29 is 23.9 Å². The number of carbonyl (C=O) groups excluding carboxylic acids is 3. The van der Waals surface area contributed by atoms with Gasteiger partial charge in [-0.2, -0.15) is 0 Å². The van der Waals surface area contributed by atoms with E-state index in [1.165, 1.54) is 35.4 Å². The van der Waals surface area contributed by atoms with Crippen LogP contribution in [0.25, 0.3) is 0 Å². The summed E-state index contributed by atoms with van der Waals surface area (Å²) in [6.45, 7) is 4.38. The maximum atomic E-state index is 13.7. The van der Waals surface area contributed by atoms with Crippen LogP contribution in [0.1, 0.15) is 47.0 Å². The van der Waals surface area contributed by atoms with Crippen LogP contribution < -0.4 is 14.4 Å². The lowest BCUT2D eigenvalue weighted by Gasteiger charge is -2.27. The molecule has 35 heavy (non-hydrogen) atoms. The van der Waals surface area contributed by atoms with Crippen LogP contribution in [-0.2, 0) is 16.1 Å². The SMILES string of the molecule is COc1ccc(C(=O)N(Cc2cccs2)C2CC(=O)N(c3ccc(C(C)C)cc3)C2=O)cc1OC. The fourth-order valence-corrected chi connectivity index (χ4v) is 4.87. The molecule has 1 aliphatic heterocycles. The molecule has 0 spiro atoms. The summed E-state index contributed by atoms with van der Waals surface area (Å²) in [7, 11) is 3.02. The quantitative estimate of drug-likeness (QED) is 0.420. The minimum Gasteiger partial charge on any atom is -0.493 e. The monoisotopic (exact) mass is 492 g/mol. The third-order valence-electron chi connectivity index (χ3n) is 6.11. The van der Waals surface area contributed by atoms with Gasteiger partial charge in [-0.25, -0.2) is 4.90 Å². The lowest BCUT2D eigenvalue weighted by Crippen LogP contribution is -2.45. The van der Waals surface area contributed by atoms with Gasteiger partial charge in [0, 0.05) is 10.4 Å². The molecule has 1 aromatic heterocycles. The number of thiophene rings is 1. The summed E-state index contributed by atoms with van der Waals surface area (Å²) < 4.78 is 10.6. The molecule has 0 saturated carbocycles. The smallest absolute Gasteiger partial charge is 0.257 e. The molecular weight excluding hydrogens is 464 g/mol. The fourth-order valence-electron chi connectivity index (χ4n) is 4.17. The van der Waals surface area contributed by atoms with Gasteiger partial charge in [0.05, 0.1) is 32.9 Å². The van der Waals surface area contributed by atoms with E-state index in [1.54, 1.807) is 30.3 Å². The highest BCUT2D eigenvalue weighted by Crippen LogP contribution is 2.32. The zero-order valence-corrected chi connectivity index (χ0v) is 21.0. The highest BCUT2D eigenvalue weighted by molar-refractivity contribution is 7.09. The summed E-state index contributed by atoms with van der Waals surface area (Å²) in [4.78, 5) is 43.8. The van der Waals surface area contributed by atoms with Gasteiger partial charge in [0.25, 0.3) is 11.8 Å². The van der Waals surface area contributed by atoms with Crippen LogP contribution in [0, 0.1) is 0 Å². The van der Waals surface area contributed by atoms with E-state index < -0.39 is 11.9 Å². The Kier molecular flexibility index (Phi) is 7.21. The molecule has 0 radical (unpaired) electrons. The first-order chi connectivity index (χ1) is 16.8. The molecule has 2 aromatic carbocycles. The van der Waals surface area contributed by atoms with E-state index in [9.17, 15) is 14.4 Å². The molecule has 1 saturated heterocycles. The largest absolute Gasteiger partial charge is 0.493 e. The average Bonchev–Trinajstić information content (AvgIpc) is 3.48. The van der Waals surface area contributed by atoms with Crippen LogP contribution >= 0.6 is 11.3 Å². The lowest BCUT2D eigenvalue weighted by molar-refractivity contribution is -0.122. The molecule has 4 rings (SSSR count). The second kappa shape index (κ2) is 10.3. The number of imide groups is 1. The predicted octanol–water partition coefficient (Wildman–Crippen LogP) is 4.86. The van der Waals surface area contributed by atoms with Gasteiger partial charge >= 0.3 is 0 Å². The summed E-state index contributed by atoms with van der Waals surface area (Å²) in [5, 5.41) is 1.92. The van der Waals surface area contributed by atoms with Gasteiger partial charge in [-0.1, -0.05) is 32.0 Å². The number of hydrogen-bond donors (Lipinski definition) is 0. The van der Waals surface area contributed by atoms with Gasteiger partial charge in [-0.05, 0) is 53.3 Å². The second-order valence-electron chi connectivity index (χ2n) is 8.62. The molecule has 1 aliphatic rings. The van der Waals surface area contributed by atoms with Crippen molar-refractivity contribution >= 4 is 34.7 Å². The molecule has 3 aromatic rings. The molecule has 182 valence electrons. The minimum absolute atomic E-state index is 0.0742. The number of anilines is 1. The van der Waals surface area contributed by atoms with Gasteiger partial charge in [-0.3, -0.25) is 14.4 Å². The van der Waals surface area contributed by atoms with Crippen molar-refractivity contribution in [1.82, 2.24) is 4.90 Å². The fraction of sp³-hybridized carbons (Fsp3) is 0.296. The van der Waals surface area contributed by atoms with E-state index in [1.807, 2.05) is 29.6 Å². The molecule has 2 heterocycles. The maximum absolute atomic E-state index is 13.7. The molecule has 0 bridgehead atoms. The summed E-state index contributed by atoms with van der Waals surface area (Å²) in [5.74, 6) is 0.156. The molecular formula is C27H28N2O5S. The van der Waals surface area contributed by atoms with E-state index in [-0.39, 0.29) is 24.8 Å². The third-order valence-corrected chi connectivity index (χ3v) is 6.98. The average molecular weight is 493 g/mol. The van der Waals surface area contributed by atoms with Gasteiger partial charge < -0.3 is 14.4 Å². The van der Waals surface area contributed by atoms with Crippen LogP contribution in [-0.4, -0.2) is 42.9 Å². The standard InChI is InChI=1S/C27H28N2O5S/c1-17(2)18-7-10-20(11-8-18)29-25(30)15-22(27(29)32)28(16-21-6-5-13-35-21)26(31)19-9-12-23(33-3)24(14-19)34-4/h5-14,17,22H,15-16H2,1-4H3. The number of amides is 3. The van der Waals surface area contributed by atoms with Crippen molar-refractivity contribution in [3.05, 3.63) is 76.0 Å². The van der Waals surface area contributed by atoms with E-state index >= 15 is 0 Å². The Hall–Kier alpha value is -3.65. The number of hydrogen-bond acceptors (Lipinski definition) is 6. The number of benzene rings is 2. The Balaban J connectivity index is 1.67. The number of ether oxygens (including phenoxy) is 2. The van der Waals surface area contributed by atoms with Crippen molar-refractivity contribution in [1.29, 1.82) is 0 Å². The molecule has 1 unspecified atom stereocenters. The van der Waals surface area contributed by atoms with E-state index in [0.717, 1.165) is 10.4 Å². The number of nitrogens with zero attached hydrogens (tertiary/aromatic N) is 2. The van der Waals surface area contributed by atoms with Gasteiger partial charge in [0.15, 0.2) is 11.5 Å². The topological polar surface area (TPSA) is 76.2 Å². The predicted molar refractivity (Wildman–Crippen MR) is 135 cm³/mol. The van der Waals surface area contributed by atoms with Crippen LogP contribution in [0.4, 0.5) is 5.69 Å². The van der Waals surface area contributed by atoms with Crippen LogP contribution in [0.2, 0.25) is 0 Å². The first-order valence-corrected chi connectivity index (χ1v) is 12.2. The number of carbonyl (C=O) groups is 3. The normalized spacial score (nSPS) is 15.6. The molecule has 1 atom stereocenters. The Labute approximate surface area is 208 Å². The number of methoxy groups -OCH3 is 2. The summed E-state index contributed by atoms with van der Waals surface area (Å²) in [6.07, 6.45) is -0.0742. The van der Waals surface area contributed by atoms with Crippen LogP contribution in [0.15, 0.2) is 60.0 Å². The second-order valence-corrected chi connectivity index (χ2v) is 9.65. The summed E-state index contributed by atoms with van der Waals surface area (Å²) in [6, 6.07) is 15.2. The lowest BCUT2D eigenvalue weighted by atomic mass is 10.0. The van der Waals surface area contributed by atoms with Crippen molar-refractivity contribution in [3.8, 4) is 11.5 Å². The van der Waals surface area contributed by atoms with Gasteiger partial charge in [0.1, 0.15) is 6.04 Å². The molecule has 0 N–H and O–H groups in total. The van der Waals surface area contributed by atoms with Crippen molar-refractivity contribution in [3.63, 3.8) is 0 Å². The molecule has 0 aliphatic carbocycles. The zero-order valence-electron chi connectivity index (χ0n) is 20.2. The third kappa shape index (κ3) is 4.93. The van der Waals surface area contributed by atoms with E-state index in [0.29, 0.717) is 28.7 Å². The molecule has 1 fully saturated rings. The highest BCUT2D eigenvalue weighted by atomic mass is 32.1. The summed E-state index contributed by atoms with van der Waals surface area (Å²) >= 11 is 1.49. The van der Waals surface area contributed by atoms with Crippen molar-refractivity contribution in [2.45, 2.75) is 38.8 Å². The first kappa shape index (κ1) is 24.5. The minimum atomic E-state index is -0.907. The molecule has 3 amide bonds. The Morgan fingerprint density at radius 1 is 1.06 bits per heavy atom. The first-order valence-electron chi connectivity index (χ1n) is 11.4. The van der Waals surface area contributed by atoms with Crippen molar-refractivity contribution in [2.75, 3.05) is 19.1 Å². The maximum Gasteiger partial charge on any atom is 0.257 e. The molecule has 8 heteroatoms. The number of rotatable bonds is 8. The van der Waals surface area contributed by atoms with Gasteiger partial charge in [0.2, 0.25) is 5.91 Å². The van der Waals surface area contributed by atoms with E-state index in [2.05, 4.69) is 13.8 Å². The molecule has 7 nitrogen and oxygen atoms in total. The highest BCUT2D eigenvalue weighted by Gasteiger charge is 2.44. The Bertz CT molecular complexity index is 1220. The van der Waals surface area contributed by atoms with Crippen molar-refractivity contribution in [2.24, 2.45) is 0 Å². The Morgan fingerprint density at radius 3 is 2.37 bits per heavy atom. The van der Waals surface area contributed by atoms with Crippen LogP contribution in [0.5, 0.6) is 11.5 Å². The zero-order chi connectivity index (χ0) is 25.1. The van der Waals surface area contributed by atoms with Crippen LogP contribution in [0.3, 0.4) is 0 Å². The van der Waals surface area contributed by atoms with E-state index in [4.69, 9.17) is 9.47 Å². The Morgan fingerprint density at radius 2 is 1.77 bits per heavy atom.